The quantitative estimate of drug-likeness (QED) is 0.793. The highest BCUT2D eigenvalue weighted by Gasteiger charge is 2.33. The highest BCUT2D eigenvalue weighted by Crippen LogP contribution is 2.21. The lowest BCUT2D eigenvalue weighted by Crippen LogP contribution is -2.52. The Bertz CT molecular complexity index is 382. The van der Waals surface area contributed by atoms with Crippen molar-refractivity contribution in [3.8, 4) is 0 Å². The van der Waals surface area contributed by atoms with E-state index in [1.54, 1.807) is 11.4 Å². The van der Waals surface area contributed by atoms with Gasteiger partial charge in [-0.2, -0.15) is 17.0 Å². The van der Waals surface area contributed by atoms with Crippen molar-refractivity contribution in [1.82, 2.24) is 13.9 Å². The number of rotatable bonds is 4. The topological polar surface area (TPSA) is 61.9 Å². The Kier molecular flexibility index (Phi) is 5.19. The van der Waals surface area contributed by atoms with E-state index >= 15 is 0 Å². The molecule has 2 heterocycles. The molecule has 0 saturated carbocycles. The van der Waals surface area contributed by atoms with E-state index in [0.29, 0.717) is 19.7 Å². The van der Waals surface area contributed by atoms with E-state index < -0.39 is 10.2 Å². The van der Waals surface area contributed by atoms with Crippen molar-refractivity contribution < 1.29 is 13.2 Å². The Hall–Kier alpha value is -0.210. The molecule has 2 saturated heterocycles. The molecule has 2 atom stereocenters. The molecule has 1 N–H and O–H groups in total. The maximum absolute atomic E-state index is 12.5. The minimum atomic E-state index is -3.35. The zero-order valence-corrected chi connectivity index (χ0v) is 12.7. The highest BCUT2D eigenvalue weighted by atomic mass is 32.2. The maximum atomic E-state index is 12.5. The van der Waals surface area contributed by atoms with Gasteiger partial charge in [-0.3, -0.25) is 0 Å². The number of nitrogens with one attached hydrogen (secondary N) is 1. The van der Waals surface area contributed by atoms with Crippen LogP contribution in [0.1, 0.15) is 26.2 Å². The van der Waals surface area contributed by atoms with Crippen LogP contribution in [0.25, 0.3) is 0 Å². The molecule has 0 spiro atoms. The summed E-state index contributed by atoms with van der Waals surface area (Å²) in [7, 11) is -1.70. The smallest absolute Gasteiger partial charge is 0.282 e. The summed E-state index contributed by atoms with van der Waals surface area (Å²) in [5.41, 5.74) is 0. The molecule has 0 aromatic heterocycles. The summed E-state index contributed by atoms with van der Waals surface area (Å²) in [5.74, 6) is 0. The molecule has 6 nitrogen and oxygen atoms in total. The lowest BCUT2D eigenvalue weighted by atomic mass is 10.1. The van der Waals surface area contributed by atoms with Gasteiger partial charge in [-0.1, -0.05) is 6.42 Å². The van der Waals surface area contributed by atoms with Crippen LogP contribution in [-0.4, -0.2) is 69.0 Å². The molecule has 2 aliphatic rings. The van der Waals surface area contributed by atoms with Gasteiger partial charge in [0.05, 0.1) is 12.7 Å². The van der Waals surface area contributed by atoms with E-state index in [0.717, 1.165) is 32.4 Å². The molecule has 0 aromatic rings. The van der Waals surface area contributed by atoms with E-state index in [2.05, 4.69) is 5.32 Å². The fourth-order valence-corrected chi connectivity index (χ4v) is 4.34. The van der Waals surface area contributed by atoms with E-state index in [1.807, 2.05) is 6.92 Å². The second-order valence-electron chi connectivity index (χ2n) is 5.44. The minimum Gasteiger partial charge on any atom is -0.374 e. The summed E-state index contributed by atoms with van der Waals surface area (Å²) >= 11 is 0. The summed E-state index contributed by atoms with van der Waals surface area (Å²) in [6.45, 7) is 5.25. The van der Waals surface area contributed by atoms with Gasteiger partial charge in [-0.15, -0.1) is 0 Å². The fraction of sp³-hybridized carbons (Fsp3) is 1.00. The molecule has 0 radical (unpaired) electrons. The Morgan fingerprint density at radius 1 is 1.42 bits per heavy atom. The van der Waals surface area contributed by atoms with Gasteiger partial charge in [-0.25, -0.2) is 0 Å². The van der Waals surface area contributed by atoms with Crippen LogP contribution >= 0.6 is 0 Å². The number of nitrogens with zero attached hydrogens (tertiary/aromatic N) is 2. The molecule has 7 heteroatoms. The predicted octanol–water partition coefficient (Wildman–Crippen LogP) is 0.0258. The molecular formula is C12H25N3O3S. The fourth-order valence-electron chi connectivity index (χ4n) is 2.71. The molecule has 112 valence electrons. The van der Waals surface area contributed by atoms with Crippen molar-refractivity contribution in [2.45, 2.75) is 38.3 Å². The summed E-state index contributed by atoms with van der Waals surface area (Å²) < 4.78 is 33.7. The average molecular weight is 291 g/mol. The number of likely N-dealkylation sites (N-methyl/N-ethyl adjacent to an activating group) is 1. The molecule has 2 unspecified atom stereocenters. The van der Waals surface area contributed by atoms with Gasteiger partial charge in [0.2, 0.25) is 0 Å². The monoisotopic (exact) mass is 291 g/mol. The Morgan fingerprint density at radius 3 is 2.84 bits per heavy atom. The third-order valence-electron chi connectivity index (χ3n) is 3.90. The van der Waals surface area contributed by atoms with Crippen molar-refractivity contribution in [2.75, 3.05) is 39.8 Å². The molecule has 0 bridgehead atoms. The van der Waals surface area contributed by atoms with Crippen molar-refractivity contribution >= 4 is 10.2 Å². The zero-order valence-electron chi connectivity index (χ0n) is 11.8. The van der Waals surface area contributed by atoms with Crippen molar-refractivity contribution in [3.05, 3.63) is 0 Å². The van der Waals surface area contributed by atoms with Gasteiger partial charge < -0.3 is 10.1 Å². The van der Waals surface area contributed by atoms with Crippen molar-refractivity contribution in [1.29, 1.82) is 0 Å². The molecule has 0 aliphatic carbocycles. The molecule has 0 amide bonds. The Morgan fingerprint density at radius 2 is 2.21 bits per heavy atom. The van der Waals surface area contributed by atoms with E-state index in [9.17, 15) is 8.42 Å². The number of piperidine rings is 1. The second kappa shape index (κ2) is 6.49. The van der Waals surface area contributed by atoms with Crippen LogP contribution in [0.3, 0.4) is 0 Å². The average Bonchev–Trinajstić information content (AvgIpc) is 2.40. The molecule has 2 aliphatic heterocycles. The molecule has 19 heavy (non-hydrogen) atoms. The SMILES string of the molecule is CC1CCCCN1S(=O)(=O)N(C)CC1CNCCO1. The molecule has 2 fully saturated rings. The first kappa shape index (κ1) is 15.2. The Labute approximate surface area is 116 Å². The van der Waals surface area contributed by atoms with E-state index in [-0.39, 0.29) is 12.1 Å². The number of ether oxygens (including phenoxy) is 1. The van der Waals surface area contributed by atoms with Crippen LogP contribution in [0.4, 0.5) is 0 Å². The first-order valence-corrected chi connectivity index (χ1v) is 8.47. The number of hydrogen-bond donors (Lipinski definition) is 1. The van der Waals surface area contributed by atoms with E-state index in [4.69, 9.17) is 4.74 Å². The number of morpholine rings is 1. The largest absolute Gasteiger partial charge is 0.374 e. The van der Waals surface area contributed by atoms with Gasteiger partial charge in [0.1, 0.15) is 0 Å². The summed E-state index contributed by atoms with van der Waals surface area (Å²) in [5, 5.41) is 3.22. The lowest BCUT2D eigenvalue weighted by molar-refractivity contribution is 0.0196. The normalized spacial score (nSPS) is 30.7. The third kappa shape index (κ3) is 3.66. The highest BCUT2D eigenvalue weighted by molar-refractivity contribution is 7.86. The van der Waals surface area contributed by atoms with Gasteiger partial charge >= 0.3 is 0 Å². The van der Waals surface area contributed by atoms with Gasteiger partial charge in [0.15, 0.2) is 0 Å². The van der Waals surface area contributed by atoms with Crippen LogP contribution in [0.5, 0.6) is 0 Å². The standard InChI is InChI=1S/C12H25N3O3S/c1-11-5-3-4-7-15(11)19(16,17)14(2)10-12-9-13-6-8-18-12/h11-13H,3-10H2,1-2H3. The zero-order chi connectivity index (χ0) is 13.9. The van der Waals surface area contributed by atoms with Gasteiger partial charge in [-0.05, 0) is 19.8 Å². The first-order chi connectivity index (χ1) is 9.01. The minimum absolute atomic E-state index is 0.0476. The summed E-state index contributed by atoms with van der Waals surface area (Å²) in [6.07, 6.45) is 2.98. The van der Waals surface area contributed by atoms with Gasteiger partial charge in [0.25, 0.3) is 10.2 Å². The first-order valence-electron chi connectivity index (χ1n) is 7.07. The predicted molar refractivity (Wildman–Crippen MR) is 74.2 cm³/mol. The third-order valence-corrected chi connectivity index (χ3v) is 5.97. The van der Waals surface area contributed by atoms with Crippen LogP contribution in [0, 0.1) is 0 Å². The van der Waals surface area contributed by atoms with Crippen LogP contribution < -0.4 is 5.32 Å². The summed E-state index contributed by atoms with van der Waals surface area (Å²) in [4.78, 5) is 0. The van der Waals surface area contributed by atoms with Crippen LogP contribution in [0.15, 0.2) is 0 Å². The molecule has 0 aromatic carbocycles. The van der Waals surface area contributed by atoms with Crippen molar-refractivity contribution in [3.63, 3.8) is 0 Å². The number of hydrogen-bond acceptors (Lipinski definition) is 4. The molecule has 2 rings (SSSR count). The second-order valence-corrected chi connectivity index (χ2v) is 7.43. The Balaban J connectivity index is 1.97. The van der Waals surface area contributed by atoms with Crippen molar-refractivity contribution in [2.24, 2.45) is 0 Å². The lowest BCUT2D eigenvalue weighted by Gasteiger charge is -2.36. The van der Waals surface area contributed by atoms with E-state index in [1.165, 1.54) is 4.31 Å². The van der Waals surface area contributed by atoms with Gasteiger partial charge in [0, 0.05) is 39.3 Å². The van der Waals surface area contributed by atoms with Crippen LogP contribution in [-0.2, 0) is 14.9 Å². The molecular weight excluding hydrogens is 266 g/mol. The maximum Gasteiger partial charge on any atom is 0.282 e. The van der Waals surface area contributed by atoms with Crippen LogP contribution in [0.2, 0.25) is 0 Å². The summed E-state index contributed by atoms with van der Waals surface area (Å²) in [6, 6.07) is 0.103.